The molecule has 6 nitrogen and oxygen atoms in total. The van der Waals surface area contributed by atoms with Crippen LogP contribution in [0.5, 0.6) is 0 Å². The van der Waals surface area contributed by atoms with Gasteiger partial charge in [-0.25, -0.2) is 14.0 Å². The van der Waals surface area contributed by atoms with Crippen molar-refractivity contribution >= 4 is 11.9 Å². The van der Waals surface area contributed by atoms with Crippen molar-refractivity contribution in [3.63, 3.8) is 0 Å². The lowest BCUT2D eigenvalue weighted by Gasteiger charge is -2.35. The summed E-state index contributed by atoms with van der Waals surface area (Å²) >= 11 is 0. The quantitative estimate of drug-likeness (QED) is 0.413. The zero-order valence-corrected chi connectivity index (χ0v) is 17.3. The highest BCUT2D eigenvalue weighted by Gasteiger charge is 2.34. The molecule has 31 heavy (non-hydrogen) atoms. The lowest BCUT2D eigenvalue weighted by Crippen LogP contribution is -2.43. The van der Waals surface area contributed by atoms with Gasteiger partial charge in [-0.3, -0.25) is 4.90 Å². The molecule has 0 saturated carbocycles. The molecule has 0 amide bonds. The van der Waals surface area contributed by atoms with E-state index in [9.17, 15) is 27.2 Å². The van der Waals surface area contributed by atoms with Gasteiger partial charge in [0.25, 0.3) is 0 Å². The van der Waals surface area contributed by atoms with Gasteiger partial charge >= 0.3 is 18.1 Å². The second-order valence-electron chi connectivity index (χ2n) is 7.11. The van der Waals surface area contributed by atoms with Crippen molar-refractivity contribution in [2.45, 2.75) is 51.4 Å². The molecule has 1 fully saturated rings. The molecule has 0 aromatic heterocycles. The molecule has 3 N–H and O–H groups in total. The number of carboxylic acids is 2. The largest absolute Gasteiger partial charge is 0.478 e. The van der Waals surface area contributed by atoms with Gasteiger partial charge in [-0.15, -0.1) is 0 Å². The first-order valence-electron chi connectivity index (χ1n) is 9.99. The maximum absolute atomic E-state index is 13.3. The Morgan fingerprint density at radius 2 is 1.74 bits per heavy atom. The molecule has 1 aromatic carbocycles. The SMILES string of the molecule is CCCCN(Cc1ccc(F)cc1C(F)(F)F)C1CCNCC1.O=C(O)C=CC(=O)O. The van der Waals surface area contributed by atoms with Gasteiger partial charge in [0.1, 0.15) is 5.82 Å². The Kier molecular flexibility index (Phi) is 11.2. The van der Waals surface area contributed by atoms with Crippen LogP contribution in [0.4, 0.5) is 17.6 Å². The Morgan fingerprint density at radius 3 is 2.23 bits per heavy atom. The van der Waals surface area contributed by atoms with Crippen molar-refractivity contribution in [1.82, 2.24) is 10.2 Å². The van der Waals surface area contributed by atoms with Gasteiger partial charge < -0.3 is 15.5 Å². The summed E-state index contributed by atoms with van der Waals surface area (Å²) in [5.74, 6) is -3.36. The smallest absolute Gasteiger partial charge is 0.416 e. The summed E-state index contributed by atoms with van der Waals surface area (Å²) in [6.07, 6.45) is 0.411. The van der Waals surface area contributed by atoms with Crippen LogP contribution in [-0.2, 0) is 22.3 Å². The third-order valence-electron chi connectivity index (χ3n) is 4.74. The van der Waals surface area contributed by atoms with E-state index in [0.29, 0.717) is 18.2 Å². The lowest BCUT2D eigenvalue weighted by molar-refractivity contribution is -0.138. The fourth-order valence-electron chi connectivity index (χ4n) is 3.24. The minimum absolute atomic E-state index is 0.161. The van der Waals surface area contributed by atoms with E-state index in [1.807, 2.05) is 0 Å². The molecule has 0 radical (unpaired) electrons. The molecule has 0 atom stereocenters. The summed E-state index contributed by atoms with van der Waals surface area (Å²) in [7, 11) is 0. The predicted octanol–water partition coefficient (Wildman–Crippen LogP) is 3.91. The maximum atomic E-state index is 13.3. The Balaban J connectivity index is 0.000000512. The first-order chi connectivity index (χ1) is 14.5. The summed E-state index contributed by atoms with van der Waals surface area (Å²) in [5.41, 5.74) is -0.693. The number of aliphatic carboxylic acids is 2. The summed E-state index contributed by atoms with van der Waals surface area (Å²) in [5, 5.41) is 18.9. The van der Waals surface area contributed by atoms with E-state index in [4.69, 9.17) is 10.2 Å². The average molecular weight is 448 g/mol. The van der Waals surface area contributed by atoms with Crippen LogP contribution in [0.15, 0.2) is 30.4 Å². The second-order valence-corrected chi connectivity index (χ2v) is 7.11. The number of carbonyl (C=O) groups is 2. The van der Waals surface area contributed by atoms with Crippen molar-refractivity contribution in [3.8, 4) is 0 Å². The number of alkyl halides is 3. The molecule has 1 aliphatic heterocycles. The molecular weight excluding hydrogens is 420 g/mol. The normalized spacial score (nSPS) is 15.0. The monoisotopic (exact) mass is 448 g/mol. The Hall–Kier alpha value is -2.46. The molecule has 1 aliphatic rings. The number of nitrogens with zero attached hydrogens (tertiary/aromatic N) is 1. The van der Waals surface area contributed by atoms with Crippen LogP contribution in [0.1, 0.15) is 43.7 Å². The molecule has 0 aliphatic carbocycles. The van der Waals surface area contributed by atoms with Gasteiger partial charge in [0.2, 0.25) is 0 Å². The van der Waals surface area contributed by atoms with E-state index >= 15 is 0 Å². The summed E-state index contributed by atoms with van der Waals surface area (Å²) in [6.45, 7) is 4.85. The molecule has 2 rings (SSSR count). The lowest BCUT2D eigenvalue weighted by atomic mass is 10.0. The van der Waals surface area contributed by atoms with E-state index in [0.717, 1.165) is 51.4 Å². The second kappa shape index (κ2) is 13.1. The fourth-order valence-corrected chi connectivity index (χ4v) is 3.24. The number of unbranched alkanes of at least 4 members (excludes halogenated alkanes) is 1. The average Bonchev–Trinajstić information content (AvgIpc) is 2.71. The standard InChI is InChI=1S/C17H24F4N2.C4H4O4/c1-2-3-10-23(15-6-8-22-9-7-15)12-13-4-5-14(18)11-16(13)17(19,20)21;5-3(6)1-2-4(7)8/h4-5,11,15,22H,2-3,6-10,12H2,1H3;1-2H,(H,5,6)(H,7,8). The molecule has 0 spiro atoms. The highest BCUT2D eigenvalue weighted by atomic mass is 19.4. The third kappa shape index (κ3) is 10.4. The molecule has 0 unspecified atom stereocenters. The molecule has 10 heteroatoms. The van der Waals surface area contributed by atoms with Crippen LogP contribution in [0.2, 0.25) is 0 Å². The maximum Gasteiger partial charge on any atom is 0.416 e. The number of rotatable bonds is 8. The molecule has 1 aromatic rings. The molecule has 1 saturated heterocycles. The van der Waals surface area contributed by atoms with Crippen LogP contribution < -0.4 is 5.32 Å². The molecule has 0 bridgehead atoms. The van der Waals surface area contributed by atoms with Crippen LogP contribution in [0, 0.1) is 5.82 Å². The zero-order chi connectivity index (χ0) is 23.4. The van der Waals surface area contributed by atoms with Crippen molar-refractivity contribution in [2.75, 3.05) is 19.6 Å². The number of nitrogens with one attached hydrogen (secondary N) is 1. The topological polar surface area (TPSA) is 89.9 Å². The molecule has 1 heterocycles. The van der Waals surface area contributed by atoms with E-state index < -0.39 is 29.5 Å². The first-order valence-corrected chi connectivity index (χ1v) is 9.99. The van der Waals surface area contributed by atoms with Crippen molar-refractivity contribution in [1.29, 1.82) is 0 Å². The Bertz CT molecular complexity index is 731. The zero-order valence-electron chi connectivity index (χ0n) is 17.3. The van der Waals surface area contributed by atoms with E-state index in [2.05, 4.69) is 17.1 Å². The molecule has 174 valence electrons. The highest BCUT2D eigenvalue weighted by Crippen LogP contribution is 2.33. The first kappa shape index (κ1) is 26.6. The van der Waals surface area contributed by atoms with Crippen LogP contribution in [0.3, 0.4) is 0 Å². The van der Waals surface area contributed by atoms with Crippen molar-refractivity contribution in [3.05, 3.63) is 47.3 Å². The van der Waals surface area contributed by atoms with Crippen molar-refractivity contribution in [2.24, 2.45) is 0 Å². The Morgan fingerprint density at radius 1 is 1.16 bits per heavy atom. The van der Waals surface area contributed by atoms with E-state index in [-0.39, 0.29) is 18.2 Å². The van der Waals surface area contributed by atoms with Crippen LogP contribution >= 0.6 is 0 Å². The van der Waals surface area contributed by atoms with E-state index in [1.54, 1.807) is 0 Å². The number of carboxylic acid groups (broad SMARTS) is 2. The Labute approximate surface area is 178 Å². The number of halogens is 4. The predicted molar refractivity (Wildman–Crippen MR) is 107 cm³/mol. The van der Waals surface area contributed by atoms with Gasteiger partial charge in [-0.1, -0.05) is 19.4 Å². The summed E-state index contributed by atoms with van der Waals surface area (Å²) in [6, 6.07) is 3.28. The van der Waals surface area contributed by atoms with Gasteiger partial charge in [-0.2, -0.15) is 13.2 Å². The van der Waals surface area contributed by atoms with Gasteiger partial charge in [-0.05, 0) is 56.6 Å². The number of hydrogen-bond donors (Lipinski definition) is 3. The van der Waals surface area contributed by atoms with Crippen LogP contribution in [0.25, 0.3) is 0 Å². The van der Waals surface area contributed by atoms with E-state index in [1.165, 1.54) is 6.07 Å². The minimum Gasteiger partial charge on any atom is -0.478 e. The molecular formula is C21H28F4N2O4. The number of hydrogen-bond acceptors (Lipinski definition) is 4. The van der Waals surface area contributed by atoms with Gasteiger partial charge in [0.05, 0.1) is 5.56 Å². The van der Waals surface area contributed by atoms with Crippen LogP contribution in [-0.4, -0.2) is 52.7 Å². The van der Waals surface area contributed by atoms with Crippen molar-refractivity contribution < 1.29 is 37.4 Å². The third-order valence-corrected chi connectivity index (χ3v) is 4.74. The number of piperidine rings is 1. The highest BCUT2D eigenvalue weighted by molar-refractivity contribution is 5.89. The summed E-state index contributed by atoms with van der Waals surface area (Å²) in [4.78, 5) is 21.2. The number of benzene rings is 1. The fraction of sp³-hybridized carbons (Fsp3) is 0.524. The van der Waals surface area contributed by atoms with Gasteiger partial charge in [0.15, 0.2) is 0 Å². The summed E-state index contributed by atoms with van der Waals surface area (Å²) < 4.78 is 52.8. The van der Waals surface area contributed by atoms with Gasteiger partial charge in [0, 0.05) is 24.7 Å². The minimum atomic E-state index is -4.53.